The van der Waals surface area contributed by atoms with E-state index in [1.54, 1.807) is 0 Å². The molecule has 0 fully saturated rings. The van der Waals surface area contributed by atoms with Crippen molar-refractivity contribution in [3.8, 4) is 22.6 Å². The number of phenolic OH excluding ortho intramolecular Hbond substituents is 2. The van der Waals surface area contributed by atoms with E-state index in [0.717, 1.165) is 0 Å². The van der Waals surface area contributed by atoms with Crippen LogP contribution in [-0.4, -0.2) is 22.3 Å². The molecule has 0 atom stereocenters. The number of rotatable bonds is 3. The lowest BCUT2D eigenvalue weighted by Gasteiger charge is -2.18. The molecule has 0 aliphatic carbocycles. The third kappa shape index (κ3) is 3.88. The van der Waals surface area contributed by atoms with Gasteiger partial charge in [0.2, 0.25) is 0 Å². The highest BCUT2D eigenvalue weighted by Gasteiger charge is 2.16. The van der Waals surface area contributed by atoms with Gasteiger partial charge in [0.25, 0.3) is 0 Å². The Morgan fingerprint density at radius 3 is 1.36 bits per heavy atom. The van der Waals surface area contributed by atoms with Crippen molar-refractivity contribution in [2.24, 2.45) is 23.2 Å². The Morgan fingerprint density at radius 2 is 1.08 bits per heavy atom. The molecule has 134 valence electrons. The summed E-state index contributed by atoms with van der Waals surface area (Å²) in [5, 5.41) is 20.8. The number of nitrogens with two attached hydrogens (primary N) is 4. The number of hydrogen-bond donors (Lipinski definition) is 6. The minimum absolute atomic E-state index is 0. The van der Waals surface area contributed by atoms with Gasteiger partial charge in [0.15, 0.2) is 0 Å². The third-order valence-electron chi connectivity index (χ3n) is 3.28. The monoisotopic (exact) mass is 348 g/mol. The Kier molecular flexibility index (Phi) is 5.77. The quantitative estimate of drug-likeness (QED) is 0.272. The van der Waals surface area contributed by atoms with Crippen LogP contribution in [0.2, 0.25) is 0 Å². The fourth-order valence-electron chi connectivity index (χ4n) is 2.03. The molecule has 0 saturated carbocycles. The fraction of sp³-hybridized carbons (Fsp3) is 0.0667. The van der Waals surface area contributed by atoms with E-state index < -0.39 is 12.1 Å². The van der Waals surface area contributed by atoms with Crippen molar-refractivity contribution in [2.75, 3.05) is 10.0 Å². The lowest BCUT2D eigenvalue weighted by Crippen LogP contribution is -2.41. The normalized spacial score (nSPS) is 9.84. The summed E-state index contributed by atoms with van der Waals surface area (Å²) >= 11 is 0. The van der Waals surface area contributed by atoms with Gasteiger partial charge in [-0.3, -0.25) is 0 Å². The molecule has 0 radical (unpaired) electrons. The van der Waals surface area contributed by atoms with Gasteiger partial charge in [-0.1, -0.05) is 19.6 Å². The van der Waals surface area contributed by atoms with Crippen LogP contribution in [0.4, 0.5) is 21.0 Å². The minimum atomic E-state index is -0.962. The number of phenols is 2. The van der Waals surface area contributed by atoms with E-state index in [1.807, 2.05) is 0 Å². The first kappa shape index (κ1) is 19.5. The first-order valence-electron chi connectivity index (χ1n) is 6.57. The summed E-state index contributed by atoms with van der Waals surface area (Å²) < 4.78 is 0. The van der Waals surface area contributed by atoms with E-state index >= 15 is 0 Å². The third-order valence-corrected chi connectivity index (χ3v) is 3.28. The van der Waals surface area contributed by atoms with Crippen molar-refractivity contribution in [3.63, 3.8) is 0 Å². The van der Waals surface area contributed by atoms with E-state index in [4.69, 9.17) is 23.2 Å². The molecule has 10 N–H and O–H groups in total. The van der Waals surface area contributed by atoms with Crippen molar-refractivity contribution in [1.29, 1.82) is 0 Å². The number of benzene rings is 2. The van der Waals surface area contributed by atoms with Crippen molar-refractivity contribution < 1.29 is 19.8 Å². The van der Waals surface area contributed by atoms with Gasteiger partial charge in [-0.05, 0) is 35.4 Å². The van der Waals surface area contributed by atoms with Crippen LogP contribution in [0.5, 0.6) is 11.5 Å². The van der Waals surface area contributed by atoms with Gasteiger partial charge >= 0.3 is 12.1 Å². The van der Waals surface area contributed by atoms with E-state index in [2.05, 4.69) is 0 Å². The number of anilines is 2. The highest BCUT2D eigenvalue weighted by Crippen LogP contribution is 2.35. The van der Waals surface area contributed by atoms with Crippen LogP contribution in [0.1, 0.15) is 7.43 Å². The summed E-state index contributed by atoms with van der Waals surface area (Å²) in [4.78, 5) is 22.3. The second kappa shape index (κ2) is 7.38. The van der Waals surface area contributed by atoms with Gasteiger partial charge in [-0.15, -0.1) is 0 Å². The first-order valence-corrected chi connectivity index (χ1v) is 6.57. The average molecular weight is 348 g/mol. The minimum Gasteiger partial charge on any atom is -0.506 e. The van der Waals surface area contributed by atoms with Gasteiger partial charge in [-0.2, -0.15) is 0 Å². The lowest BCUT2D eigenvalue weighted by atomic mass is 10.0. The SMILES string of the molecule is C.NC(=O)N(N)c1cc(-c2ccc(O)c(N(N)C(N)=O)c2)ccc1O. The Morgan fingerprint density at radius 1 is 0.760 bits per heavy atom. The van der Waals surface area contributed by atoms with Crippen molar-refractivity contribution >= 4 is 23.4 Å². The summed E-state index contributed by atoms with van der Waals surface area (Å²) in [6.07, 6.45) is 0. The molecular formula is C15H20N6O4. The van der Waals surface area contributed by atoms with Gasteiger partial charge in [-0.25, -0.2) is 31.3 Å². The molecule has 0 heterocycles. The van der Waals surface area contributed by atoms with Crippen molar-refractivity contribution in [1.82, 2.24) is 0 Å². The predicted molar refractivity (Wildman–Crippen MR) is 94.4 cm³/mol. The molecule has 0 aliphatic rings. The van der Waals surface area contributed by atoms with E-state index in [1.165, 1.54) is 36.4 Å². The summed E-state index contributed by atoms with van der Waals surface area (Å²) in [5.41, 5.74) is 11.2. The summed E-state index contributed by atoms with van der Waals surface area (Å²) in [5.74, 6) is 10.5. The molecule has 10 heteroatoms. The molecule has 10 nitrogen and oxygen atoms in total. The number of aromatic hydroxyl groups is 2. The van der Waals surface area contributed by atoms with E-state index in [9.17, 15) is 19.8 Å². The summed E-state index contributed by atoms with van der Waals surface area (Å²) in [6, 6.07) is 6.58. The molecule has 0 aliphatic heterocycles. The van der Waals surface area contributed by atoms with Crippen LogP contribution in [0.25, 0.3) is 11.1 Å². The zero-order chi connectivity index (χ0) is 18.0. The van der Waals surface area contributed by atoms with Crippen molar-refractivity contribution in [3.05, 3.63) is 36.4 Å². The maximum Gasteiger partial charge on any atom is 0.333 e. The molecule has 2 aromatic rings. The number of urea groups is 2. The van der Waals surface area contributed by atoms with Crippen LogP contribution in [0, 0.1) is 0 Å². The highest BCUT2D eigenvalue weighted by atomic mass is 16.3. The molecule has 4 amide bonds. The molecule has 0 saturated heterocycles. The van der Waals surface area contributed by atoms with Crippen LogP contribution in [0.3, 0.4) is 0 Å². The van der Waals surface area contributed by atoms with Crippen LogP contribution >= 0.6 is 0 Å². The van der Waals surface area contributed by atoms with Crippen LogP contribution < -0.4 is 33.2 Å². The molecule has 2 aromatic carbocycles. The number of hydrazine groups is 2. The van der Waals surface area contributed by atoms with E-state index in [-0.39, 0.29) is 30.3 Å². The Bertz CT molecular complexity index is 743. The summed E-state index contributed by atoms with van der Waals surface area (Å²) in [6.45, 7) is 0. The van der Waals surface area contributed by atoms with Crippen molar-refractivity contribution in [2.45, 2.75) is 7.43 Å². The van der Waals surface area contributed by atoms with Crippen LogP contribution in [-0.2, 0) is 0 Å². The van der Waals surface area contributed by atoms with Gasteiger partial charge in [0.05, 0.1) is 0 Å². The topological polar surface area (TPSA) is 185 Å². The number of carbonyl (C=O) groups excluding carboxylic acids is 2. The molecule has 0 bridgehead atoms. The second-order valence-corrected chi connectivity index (χ2v) is 4.82. The standard InChI is InChI=1S/C14H16N6O4.CH4/c15-13(23)19(17)9-5-7(1-3-11(9)21)8-2-4-12(22)10(6-8)20(18)14(16)24;/h1-6,21-22H,17-18H2,(H2,15,23)(H2,16,24);1H4. The lowest BCUT2D eigenvalue weighted by molar-refractivity contribution is 0.253. The first-order chi connectivity index (χ1) is 11.2. The van der Waals surface area contributed by atoms with Gasteiger partial charge in [0, 0.05) is 0 Å². The number of hydrogen-bond acceptors (Lipinski definition) is 6. The molecule has 0 unspecified atom stereocenters. The average Bonchev–Trinajstić information content (AvgIpc) is 2.54. The number of primary amides is 2. The number of carbonyl (C=O) groups is 2. The zero-order valence-electron chi connectivity index (χ0n) is 12.4. The fourth-order valence-corrected chi connectivity index (χ4v) is 2.03. The maximum absolute atomic E-state index is 11.2. The molecule has 2 rings (SSSR count). The van der Waals surface area contributed by atoms with Gasteiger partial charge < -0.3 is 21.7 Å². The predicted octanol–water partition coefficient (Wildman–Crippen LogP) is 0.918. The highest BCUT2D eigenvalue weighted by molar-refractivity contribution is 5.94. The smallest absolute Gasteiger partial charge is 0.333 e. The molecule has 25 heavy (non-hydrogen) atoms. The molecule has 0 spiro atoms. The van der Waals surface area contributed by atoms with Crippen LogP contribution in [0.15, 0.2) is 36.4 Å². The molecule has 0 aromatic heterocycles. The number of nitrogens with zero attached hydrogens (tertiary/aromatic N) is 2. The largest absolute Gasteiger partial charge is 0.506 e. The Hall–Kier alpha value is -3.50. The Balaban J connectivity index is 0.00000312. The Labute approximate surface area is 143 Å². The molecular weight excluding hydrogens is 328 g/mol. The second-order valence-electron chi connectivity index (χ2n) is 4.82. The maximum atomic E-state index is 11.2. The zero-order valence-corrected chi connectivity index (χ0v) is 12.4. The number of amides is 4. The summed E-state index contributed by atoms with van der Waals surface area (Å²) in [7, 11) is 0. The van der Waals surface area contributed by atoms with Gasteiger partial charge in [0.1, 0.15) is 22.9 Å². The van der Waals surface area contributed by atoms with E-state index in [0.29, 0.717) is 21.1 Å².